The van der Waals surface area contributed by atoms with E-state index in [9.17, 15) is 9.70 Å². The molecule has 0 N–H and O–H groups in total. The summed E-state index contributed by atoms with van der Waals surface area (Å²) in [5.41, 5.74) is 3.79. The Morgan fingerprint density at radius 3 is 2.72 bits per heavy atom. The lowest BCUT2D eigenvalue weighted by Crippen LogP contribution is -2.14. The Balaban J connectivity index is 1.84. The Kier molecular flexibility index (Phi) is 8.80. The number of aryl methyl sites for hydroxylation is 1. The number of nitroso groups, excluding NO2 is 1. The molecule has 32 heavy (non-hydrogen) atoms. The molecule has 6 nitrogen and oxygen atoms in total. The van der Waals surface area contributed by atoms with Crippen molar-refractivity contribution in [1.82, 2.24) is 0 Å². The molecule has 0 radical (unpaired) electrons. The van der Waals surface area contributed by atoms with Crippen LogP contribution in [0.15, 0.2) is 64.5 Å². The normalized spacial score (nSPS) is 11.6. The van der Waals surface area contributed by atoms with Crippen molar-refractivity contribution in [3.8, 4) is 11.5 Å². The quantitative estimate of drug-likeness (QED) is 0.235. The van der Waals surface area contributed by atoms with E-state index in [-0.39, 0.29) is 18.9 Å². The average molecular weight is 454 g/mol. The van der Waals surface area contributed by atoms with E-state index in [4.69, 9.17) is 14.2 Å². The average Bonchev–Trinajstić information content (AvgIpc) is 3.31. The molecule has 0 bridgehead atoms. The number of benzene rings is 2. The molecule has 1 heterocycles. The van der Waals surface area contributed by atoms with Crippen molar-refractivity contribution in [3.05, 3.63) is 86.5 Å². The molecular formula is C25H27NO5S. The first kappa shape index (κ1) is 23.5. The van der Waals surface area contributed by atoms with Crippen molar-refractivity contribution in [3.63, 3.8) is 0 Å². The topological polar surface area (TPSA) is 74.2 Å². The maximum absolute atomic E-state index is 12.0. The highest BCUT2D eigenvalue weighted by Gasteiger charge is 2.20. The van der Waals surface area contributed by atoms with Gasteiger partial charge in [-0.2, -0.15) is 16.2 Å². The summed E-state index contributed by atoms with van der Waals surface area (Å²) in [7, 11) is 0. The fourth-order valence-corrected chi connectivity index (χ4v) is 3.99. The van der Waals surface area contributed by atoms with Gasteiger partial charge in [0.1, 0.15) is 30.8 Å². The standard InChI is InChI=1S/C25H27NO5S/c1-3-29-25(27)11-10-23(22-7-5-4-6-18(22)2)31-24-14-21(9-8-20(24)15-26-28)30-16-19-12-13-32-17-19/h4-9,12-14,17,23H,3,10-11,15-16H2,1-2H3. The van der Waals surface area contributed by atoms with Crippen LogP contribution >= 0.6 is 11.3 Å². The zero-order valence-corrected chi connectivity index (χ0v) is 19.1. The number of hydrogen-bond donors (Lipinski definition) is 0. The first-order valence-corrected chi connectivity index (χ1v) is 11.5. The van der Waals surface area contributed by atoms with Crippen molar-refractivity contribution in [2.75, 3.05) is 6.61 Å². The number of ether oxygens (including phenoxy) is 3. The van der Waals surface area contributed by atoms with Gasteiger partial charge in [0.25, 0.3) is 0 Å². The van der Waals surface area contributed by atoms with E-state index in [2.05, 4.69) is 5.18 Å². The summed E-state index contributed by atoms with van der Waals surface area (Å²) in [5, 5.41) is 7.07. The molecule has 0 fully saturated rings. The maximum atomic E-state index is 12.0. The van der Waals surface area contributed by atoms with Crippen LogP contribution in [0, 0.1) is 11.8 Å². The molecule has 0 aliphatic carbocycles. The lowest BCUT2D eigenvalue weighted by Gasteiger charge is -2.23. The predicted molar refractivity (Wildman–Crippen MR) is 125 cm³/mol. The van der Waals surface area contributed by atoms with Gasteiger partial charge in [-0.1, -0.05) is 29.4 Å². The molecule has 0 aliphatic rings. The van der Waals surface area contributed by atoms with Crippen molar-refractivity contribution in [2.45, 2.75) is 45.9 Å². The predicted octanol–water partition coefficient (Wildman–Crippen LogP) is 6.37. The van der Waals surface area contributed by atoms with Gasteiger partial charge in [-0.15, -0.1) is 0 Å². The lowest BCUT2D eigenvalue weighted by atomic mass is 9.99. The minimum absolute atomic E-state index is 0.0154. The SMILES string of the molecule is CCOC(=O)CCC(Oc1cc(OCc2ccsc2)ccc1CN=O)c1ccccc1C. The number of carbonyl (C=O) groups is 1. The van der Waals surface area contributed by atoms with Crippen LogP contribution in [0.3, 0.4) is 0 Å². The van der Waals surface area contributed by atoms with Gasteiger partial charge in [0.2, 0.25) is 0 Å². The molecule has 0 amide bonds. The van der Waals surface area contributed by atoms with Gasteiger partial charge in [0.15, 0.2) is 0 Å². The van der Waals surface area contributed by atoms with Crippen LogP contribution in [0.25, 0.3) is 0 Å². The maximum Gasteiger partial charge on any atom is 0.305 e. The van der Waals surface area contributed by atoms with E-state index in [1.54, 1.807) is 36.5 Å². The highest BCUT2D eigenvalue weighted by Crippen LogP contribution is 2.33. The van der Waals surface area contributed by atoms with Crippen LogP contribution in [0.4, 0.5) is 0 Å². The number of hydrogen-bond acceptors (Lipinski definition) is 7. The van der Waals surface area contributed by atoms with Crippen molar-refractivity contribution < 1.29 is 19.0 Å². The Morgan fingerprint density at radius 1 is 1.16 bits per heavy atom. The van der Waals surface area contributed by atoms with E-state index >= 15 is 0 Å². The van der Waals surface area contributed by atoms with E-state index in [0.717, 1.165) is 16.7 Å². The largest absolute Gasteiger partial charge is 0.489 e. The van der Waals surface area contributed by atoms with Gasteiger partial charge in [-0.05, 0) is 65.9 Å². The van der Waals surface area contributed by atoms with Crippen molar-refractivity contribution in [1.29, 1.82) is 0 Å². The Hall–Kier alpha value is -3.19. The van der Waals surface area contributed by atoms with Gasteiger partial charge in [-0.3, -0.25) is 4.79 Å². The molecule has 0 saturated heterocycles. The Bertz CT molecular complexity index is 1020. The van der Waals surface area contributed by atoms with E-state index < -0.39 is 6.10 Å². The summed E-state index contributed by atoms with van der Waals surface area (Å²) in [6.07, 6.45) is 0.276. The van der Waals surface area contributed by atoms with Gasteiger partial charge in [0, 0.05) is 18.1 Å². The van der Waals surface area contributed by atoms with Crippen molar-refractivity contribution in [2.24, 2.45) is 5.18 Å². The number of nitrogens with zero attached hydrogens (tertiary/aromatic N) is 1. The lowest BCUT2D eigenvalue weighted by molar-refractivity contribution is -0.143. The second kappa shape index (κ2) is 12.0. The molecule has 1 atom stereocenters. The Morgan fingerprint density at radius 2 is 2.00 bits per heavy atom. The summed E-state index contributed by atoms with van der Waals surface area (Å²) >= 11 is 1.62. The Labute approximate surface area is 192 Å². The fourth-order valence-electron chi connectivity index (χ4n) is 3.34. The van der Waals surface area contributed by atoms with Crippen LogP contribution in [-0.4, -0.2) is 12.6 Å². The zero-order chi connectivity index (χ0) is 22.8. The van der Waals surface area contributed by atoms with Gasteiger partial charge in [0.05, 0.1) is 6.61 Å². The third kappa shape index (κ3) is 6.65. The number of esters is 1. The highest BCUT2D eigenvalue weighted by molar-refractivity contribution is 7.07. The number of carbonyl (C=O) groups excluding carboxylic acids is 1. The zero-order valence-electron chi connectivity index (χ0n) is 18.3. The van der Waals surface area contributed by atoms with Gasteiger partial charge >= 0.3 is 5.97 Å². The summed E-state index contributed by atoms with van der Waals surface area (Å²) in [6, 6.07) is 15.3. The molecule has 0 spiro atoms. The molecule has 0 aliphatic heterocycles. The smallest absolute Gasteiger partial charge is 0.305 e. The van der Waals surface area contributed by atoms with Crippen LogP contribution in [0.1, 0.15) is 48.1 Å². The van der Waals surface area contributed by atoms with E-state index in [1.807, 2.05) is 48.0 Å². The summed E-state index contributed by atoms with van der Waals surface area (Å²) in [5.74, 6) is 0.886. The number of thiophene rings is 1. The highest BCUT2D eigenvalue weighted by atomic mass is 32.1. The molecule has 3 aromatic rings. The molecule has 7 heteroatoms. The van der Waals surface area contributed by atoms with E-state index in [0.29, 0.717) is 36.7 Å². The number of rotatable bonds is 12. The molecule has 1 aromatic heterocycles. The van der Waals surface area contributed by atoms with Crippen LogP contribution in [0.5, 0.6) is 11.5 Å². The fraction of sp³-hybridized carbons (Fsp3) is 0.320. The third-order valence-corrected chi connectivity index (χ3v) is 5.71. The minimum atomic E-state index is -0.391. The monoisotopic (exact) mass is 453 g/mol. The second-order valence-electron chi connectivity index (χ2n) is 7.28. The first-order chi connectivity index (χ1) is 15.6. The summed E-state index contributed by atoms with van der Waals surface area (Å²) in [6.45, 7) is 4.56. The second-order valence-corrected chi connectivity index (χ2v) is 8.06. The van der Waals surface area contributed by atoms with Crippen LogP contribution in [-0.2, 0) is 22.7 Å². The molecule has 3 rings (SSSR count). The van der Waals surface area contributed by atoms with Crippen LogP contribution < -0.4 is 9.47 Å². The van der Waals surface area contributed by atoms with Gasteiger partial charge < -0.3 is 14.2 Å². The first-order valence-electron chi connectivity index (χ1n) is 10.5. The van der Waals surface area contributed by atoms with Crippen LogP contribution in [0.2, 0.25) is 0 Å². The molecule has 2 aromatic carbocycles. The van der Waals surface area contributed by atoms with Crippen molar-refractivity contribution >= 4 is 17.3 Å². The summed E-state index contributed by atoms with van der Waals surface area (Å²) in [4.78, 5) is 23.0. The van der Waals surface area contributed by atoms with E-state index in [1.165, 1.54) is 0 Å². The molecule has 0 saturated carbocycles. The van der Waals surface area contributed by atoms with Gasteiger partial charge in [-0.25, -0.2) is 0 Å². The third-order valence-electron chi connectivity index (χ3n) is 4.98. The molecule has 168 valence electrons. The summed E-state index contributed by atoms with van der Waals surface area (Å²) < 4.78 is 17.4. The molecule has 1 unspecified atom stereocenters. The molecular weight excluding hydrogens is 426 g/mol. The minimum Gasteiger partial charge on any atom is -0.489 e.